The highest BCUT2D eigenvalue weighted by atomic mass is 19.4. The van der Waals surface area contributed by atoms with Crippen LogP contribution in [0.3, 0.4) is 0 Å². The van der Waals surface area contributed by atoms with Gasteiger partial charge in [-0.05, 0) is 12.1 Å². The van der Waals surface area contributed by atoms with Crippen molar-refractivity contribution in [1.82, 2.24) is 9.97 Å². The largest absolute Gasteiger partial charge is 0.481 e. The molecule has 2 aromatic rings. The molecule has 0 radical (unpaired) electrons. The molecular weight excluding hydrogens is 273 g/mol. The van der Waals surface area contributed by atoms with Crippen LogP contribution in [0.5, 0.6) is 0 Å². The van der Waals surface area contributed by atoms with Gasteiger partial charge in [0.15, 0.2) is 0 Å². The molecule has 104 valence electrons. The first kappa shape index (κ1) is 14.0. The van der Waals surface area contributed by atoms with Gasteiger partial charge < -0.3 is 5.11 Å². The standard InChI is InChI=1S/C13H9F3N2O2/c14-13(15,16)10-3-1-2-8(4-10)12-9(5-11(19)20)6-17-7-18-12/h1-4,6-7H,5H2,(H,19,20). The van der Waals surface area contributed by atoms with E-state index in [-0.39, 0.29) is 23.2 Å². The summed E-state index contributed by atoms with van der Waals surface area (Å²) in [5.74, 6) is -1.10. The maximum Gasteiger partial charge on any atom is 0.416 e. The highest BCUT2D eigenvalue weighted by Gasteiger charge is 2.30. The fourth-order valence-corrected chi connectivity index (χ4v) is 1.75. The molecule has 2 rings (SSSR count). The maximum absolute atomic E-state index is 12.7. The molecule has 1 aromatic heterocycles. The number of benzene rings is 1. The van der Waals surface area contributed by atoms with Crippen LogP contribution in [-0.2, 0) is 17.4 Å². The van der Waals surface area contributed by atoms with Crippen LogP contribution in [0, 0.1) is 0 Å². The molecule has 0 aliphatic heterocycles. The zero-order valence-electron chi connectivity index (χ0n) is 10.1. The number of aliphatic carboxylic acids is 1. The van der Waals surface area contributed by atoms with Gasteiger partial charge >= 0.3 is 12.1 Å². The quantitative estimate of drug-likeness (QED) is 0.940. The monoisotopic (exact) mass is 282 g/mol. The molecule has 0 bridgehead atoms. The molecule has 7 heteroatoms. The second kappa shape index (κ2) is 5.28. The van der Waals surface area contributed by atoms with Gasteiger partial charge in [-0.3, -0.25) is 4.79 Å². The first-order valence-electron chi connectivity index (χ1n) is 5.56. The number of nitrogens with zero attached hydrogens (tertiary/aromatic N) is 2. The van der Waals surface area contributed by atoms with Gasteiger partial charge in [0, 0.05) is 17.3 Å². The molecule has 0 aliphatic rings. The normalized spacial score (nSPS) is 11.3. The number of carboxylic acid groups (broad SMARTS) is 1. The molecule has 20 heavy (non-hydrogen) atoms. The number of hydrogen-bond donors (Lipinski definition) is 1. The van der Waals surface area contributed by atoms with Crippen molar-refractivity contribution in [2.45, 2.75) is 12.6 Å². The summed E-state index contributed by atoms with van der Waals surface area (Å²) in [4.78, 5) is 18.3. The van der Waals surface area contributed by atoms with Crippen LogP contribution in [0.4, 0.5) is 13.2 Å². The maximum atomic E-state index is 12.7. The summed E-state index contributed by atoms with van der Waals surface area (Å²) < 4.78 is 38.0. The molecule has 0 spiro atoms. The topological polar surface area (TPSA) is 63.1 Å². The van der Waals surface area contributed by atoms with Gasteiger partial charge in [-0.15, -0.1) is 0 Å². The van der Waals surface area contributed by atoms with E-state index in [9.17, 15) is 18.0 Å². The lowest BCUT2D eigenvalue weighted by molar-refractivity contribution is -0.138. The van der Waals surface area contributed by atoms with Crippen molar-refractivity contribution < 1.29 is 23.1 Å². The van der Waals surface area contributed by atoms with Gasteiger partial charge in [-0.1, -0.05) is 12.1 Å². The Labute approximate surface area is 111 Å². The Morgan fingerprint density at radius 3 is 2.70 bits per heavy atom. The minimum Gasteiger partial charge on any atom is -0.481 e. The van der Waals surface area contributed by atoms with Gasteiger partial charge in [0.25, 0.3) is 0 Å². The van der Waals surface area contributed by atoms with Crippen molar-refractivity contribution in [3.8, 4) is 11.3 Å². The van der Waals surface area contributed by atoms with Crippen LogP contribution < -0.4 is 0 Å². The van der Waals surface area contributed by atoms with Crippen molar-refractivity contribution in [2.24, 2.45) is 0 Å². The Morgan fingerprint density at radius 1 is 1.30 bits per heavy atom. The summed E-state index contributed by atoms with van der Waals surface area (Å²) in [5, 5.41) is 8.79. The average Bonchev–Trinajstić information content (AvgIpc) is 2.38. The molecule has 1 aromatic carbocycles. The first-order chi connectivity index (χ1) is 9.38. The van der Waals surface area contributed by atoms with Gasteiger partial charge in [-0.25, -0.2) is 9.97 Å². The molecule has 0 unspecified atom stereocenters. The van der Waals surface area contributed by atoms with Crippen molar-refractivity contribution >= 4 is 5.97 Å². The van der Waals surface area contributed by atoms with Crippen LogP contribution in [-0.4, -0.2) is 21.0 Å². The van der Waals surface area contributed by atoms with Crippen LogP contribution in [0.1, 0.15) is 11.1 Å². The Balaban J connectivity index is 2.49. The van der Waals surface area contributed by atoms with Crippen LogP contribution in [0.25, 0.3) is 11.3 Å². The lowest BCUT2D eigenvalue weighted by atomic mass is 10.0. The summed E-state index contributed by atoms with van der Waals surface area (Å²) in [6.07, 6.45) is -2.36. The summed E-state index contributed by atoms with van der Waals surface area (Å²) in [7, 11) is 0. The van der Waals surface area contributed by atoms with E-state index in [0.29, 0.717) is 0 Å². The van der Waals surface area contributed by atoms with E-state index in [1.807, 2.05) is 0 Å². The number of rotatable bonds is 3. The van der Waals surface area contributed by atoms with Gasteiger partial charge in [0.2, 0.25) is 0 Å². The fraction of sp³-hybridized carbons (Fsp3) is 0.154. The molecular formula is C13H9F3N2O2. The smallest absolute Gasteiger partial charge is 0.416 e. The summed E-state index contributed by atoms with van der Waals surface area (Å²) in [6, 6.07) is 4.59. The molecule has 0 amide bonds. The first-order valence-corrected chi connectivity index (χ1v) is 5.56. The van der Waals surface area contributed by atoms with E-state index in [1.165, 1.54) is 24.7 Å². The minimum atomic E-state index is -4.46. The Bertz CT molecular complexity index is 642. The number of aromatic nitrogens is 2. The Hall–Kier alpha value is -2.44. The molecule has 1 heterocycles. The van der Waals surface area contributed by atoms with Crippen LogP contribution in [0.15, 0.2) is 36.8 Å². The summed E-state index contributed by atoms with van der Waals surface area (Å²) >= 11 is 0. The Morgan fingerprint density at radius 2 is 2.05 bits per heavy atom. The van der Waals surface area contributed by atoms with E-state index in [0.717, 1.165) is 12.1 Å². The zero-order chi connectivity index (χ0) is 14.8. The molecule has 1 N–H and O–H groups in total. The SMILES string of the molecule is O=C(O)Cc1cncnc1-c1cccc(C(F)(F)F)c1. The van der Waals surface area contributed by atoms with E-state index >= 15 is 0 Å². The van der Waals surface area contributed by atoms with E-state index in [1.54, 1.807) is 0 Å². The van der Waals surface area contributed by atoms with Gasteiger partial charge in [-0.2, -0.15) is 13.2 Å². The molecule has 0 saturated heterocycles. The average molecular weight is 282 g/mol. The second-order valence-corrected chi connectivity index (χ2v) is 4.05. The third kappa shape index (κ3) is 3.11. The van der Waals surface area contributed by atoms with Crippen molar-refractivity contribution in [2.75, 3.05) is 0 Å². The lowest BCUT2D eigenvalue weighted by Gasteiger charge is -2.10. The van der Waals surface area contributed by atoms with Crippen molar-refractivity contribution in [1.29, 1.82) is 0 Å². The number of halogens is 3. The molecule has 0 fully saturated rings. The van der Waals surface area contributed by atoms with Crippen molar-refractivity contribution in [3.63, 3.8) is 0 Å². The third-order valence-electron chi connectivity index (χ3n) is 2.59. The van der Waals surface area contributed by atoms with Gasteiger partial charge in [0.1, 0.15) is 6.33 Å². The lowest BCUT2D eigenvalue weighted by Crippen LogP contribution is -2.06. The highest BCUT2D eigenvalue weighted by molar-refractivity contribution is 5.74. The zero-order valence-corrected chi connectivity index (χ0v) is 10.1. The number of carbonyl (C=O) groups is 1. The van der Waals surface area contributed by atoms with E-state index < -0.39 is 17.7 Å². The highest BCUT2D eigenvalue weighted by Crippen LogP contribution is 2.32. The van der Waals surface area contributed by atoms with E-state index in [4.69, 9.17) is 5.11 Å². The van der Waals surface area contributed by atoms with Crippen molar-refractivity contribution in [3.05, 3.63) is 47.9 Å². The van der Waals surface area contributed by atoms with Gasteiger partial charge in [0.05, 0.1) is 17.7 Å². The second-order valence-electron chi connectivity index (χ2n) is 4.05. The predicted molar refractivity (Wildman–Crippen MR) is 63.8 cm³/mol. The number of alkyl halides is 3. The summed E-state index contributed by atoms with van der Waals surface area (Å²) in [6.45, 7) is 0. The van der Waals surface area contributed by atoms with E-state index in [2.05, 4.69) is 9.97 Å². The third-order valence-corrected chi connectivity index (χ3v) is 2.59. The fourth-order valence-electron chi connectivity index (χ4n) is 1.75. The number of hydrogen-bond acceptors (Lipinski definition) is 3. The van der Waals surface area contributed by atoms with Crippen LogP contribution in [0.2, 0.25) is 0 Å². The molecule has 0 aliphatic carbocycles. The molecule has 0 saturated carbocycles. The molecule has 0 atom stereocenters. The minimum absolute atomic E-state index is 0.188. The summed E-state index contributed by atoms with van der Waals surface area (Å²) in [5.41, 5.74) is -0.152. The van der Waals surface area contributed by atoms with Crippen LogP contribution >= 0.6 is 0 Å². The molecule has 4 nitrogen and oxygen atoms in total. The predicted octanol–water partition coefficient (Wildman–Crippen LogP) is 2.79. The number of carboxylic acids is 1. The Kier molecular flexibility index (Phi) is 3.69.